The summed E-state index contributed by atoms with van der Waals surface area (Å²) >= 11 is 1.42. The molecule has 1 saturated carbocycles. The number of aliphatic hydroxyl groups excluding tert-OH is 1. The molecule has 2 atom stereocenters. The van der Waals surface area contributed by atoms with Gasteiger partial charge in [-0.05, 0) is 31.4 Å². The first-order valence-electron chi connectivity index (χ1n) is 7.73. The van der Waals surface area contributed by atoms with Crippen LogP contribution in [0, 0.1) is 5.41 Å². The first-order chi connectivity index (χ1) is 10.9. The molecule has 1 aromatic rings. The number of thioether (sulfide) groups is 1. The van der Waals surface area contributed by atoms with Gasteiger partial charge in [0.15, 0.2) is 0 Å². The summed E-state index contributed by atoms with van der Waals surface area (Å²) in [4.78, 5) is 26.4. The molecule has 0 unspecified atom stereocenters. The molecule has 0 radical (unpaired) electrons. The van der Waals surface area contributed by atoms with Crippen molar-refractivity contribution in [3.05, 3.63) is 30.3 Å². The molecule has 1 saturated heterocycles. The van der Waals surface area contributed by atoms with E-state index in [1.165, 1.54) is 25.6 Å². The maximum atomic E-state index is 12.7. The Morgan fingerprint density at radius 2 is 1.70 bits per heavy atom. The average molecular weight is 336 g/mol. The molecule has 3 rings (SSSR count). The third kappa shape index (κ3) is 2.74. The van der Waals surface area contributed by atoms with Gasteiger partial charge in [0.25, 0.3) is 5.79 Å². The Bertz CT molecular complexity index is 593. The summed E-state index contributed by atoms with van der Waals surface area (Å²) in [6, 6.07) is 9.54. The number of carbonyl (C=O) groups excluding carboxylic acids is 2. The number of esters is 2. The number of rotatable bonds is 2. The third-order valence-electron chi connectivity index (χ3n) is 4.35. The van der Waals surface area contributed by atoms with Crippen molar-refractivity contribution in [3.8, 4) is 0 Å². The van der Waals surface area contributed by atoms with E-state index in [4.69, 9.17) is 9.47 Å². The third-order valence-corrected chi connectivity index (χ3v) is 5.79. The van der Waals surface area contributed by atoms with Gasteiger partial charge in [0, 0.05) is 24.0 Å². The van der Waals surface area contributed by atoms with Crippen LogP contribution in [-0.4, -0.2) is 34.2 Å². The number of carbonyl (C=O) groups is 2. The Kier molecular flexibility index (Phi) is 4.14. The predicted molar refractivity (Wildman–Crippen MR) is 84.6 cm³/mol. The summed E-state index contributed by atoms with van der Waals surface area (Å²) in [7, 11) is 0. The van der Waals surface area contributed by atoms with Gasteiger partial charge in [-0.25, -0.2) is 0 Å². The Labute approximate surface area is 139 Å². The van der Waals surface area contributed by atoms with Crippen molar-refractivity contribution < 1.29 is 24.2 Å². The molecule has 6 heteroatoms. The van der Waals surface area contributed by atoms with Crippen LogP contribution in [0.5, 0.6) is 0 Å². The lowest BCUT2D eigenvalue weighted by Gasteiger charge is -2.47. The largest absolute Gasteiger partial charge is 0.422 e. The molecule has 0 aromatic heterocycles. The normalized spacial score (nSPS) is 29.0. The Morgan fingerprint density at radius 1 is 1.09 bits per heavy atom. The van der Waals surface area contributed by atoms with Gasteiger partial charge >= 0.3 is 11.9 Å². The van der Waals surface area contributed by atoms with Crippen molar-refractivity contribution in [1.29, 1.82) is 0 Å². The summed E-state index contributed by atoms with van der Waals surface area (Å²) in [5.41, 5.74) is -1.64. The maximum Gasteiger partial charge on any atom is 0.330 e. The molecule has 124 valence electrons. The highest BCUT2D eigenvalue weighted by Gasteiger charge is 2.65. The maximum absolute atomic E-state index is 12.7. The second-order valence-electron chi connectivity index (χ2n) is 6.41. The number of benzene rings is 1. The second kappa shape index (κ2) is 5.83. The first-order valence-corrected chi connectivity index (χ1v) is 8.61. The van der Waals surface area contributed by atoms with Crippen molar-refractivity contribution in [2.45, 2.75) is 55.1 Å². The topological polar surface area (TPSA) is 72.8 Å². The van der Waals surface area contributed by atoms with Crippen LogP contribution in [0.15, 0.2) is 35.2 Å². The van der Waals surface area contributed by atoms with Crippen molar-refractivity contribution in [3.63, 3.8) is 0 Å². The van der Waals surface area contributed by atoms with Gasteiger partial charge in [0.2, 0.25) is 5.41 Å². The van der Waals surface area contributed by atoms with Crippen LogP contribution in [0.1, 0.15) is 33.1 Å². The first kappa shape index (κ1) is 16.3. The van der Waals surface area contributed by atoms with E-state index < -0.39 is 34.5 Å². The molecule has 2 aliphatic rings. The molecule has 23 heavy (non-hydrogen) atoms. The number of cyclic esters (lactones) is 2. The van der Waals surface area contributed by atoms with Crippen molar-refractivity contribution in [1.82, 2.24) is 0 Å². The number of hydrogen-bond acceptors (Lipinski definition) is 6. The minimum absolute atomic E-state index is 0.385. The van der Waals surface area contributed by atoms with Gasteiger partial charge in [0.05, 0.1) is 6.10 Å². The van der Waals surface area contributed by atoms with Crippen LogP contribution in [0.25, 0.3) is 0 Å². The lowest BCUT2D eigenvalue weighted by molar-refractivity contribution is -0.260. The zero-order valence-corrected chi connectivity index (χ0v) is 14.0. The summed E-state index contributed by atoms with van der Waals surface area (Å²) in [6.45, 7) is 3.04. The van der Waals surface area contributed by atoms with E-state index in [0.717, 1.165) is 11.3 Å². The summed E-state index contributed by atoms with van der Waals surface area (Å²) in [5, 5.41) is 10.1. The highest BCUT2D eigenvalue weighted by Crippen LogP contribution is 2.50. The number of aliphatic hydroxyl groups is 1. The molecule has 0 bridgehead atoms. The molecule has 0 amide bonds. The van der Waals surface area contributed by atoms with Gasteiger partial charge in [-0.3, -0.25) is 9.59 Å². The van der Waals surface area contributed by atoms with Gasteiger partial charge in [-0.15, -0.1) is 11.8 Å². The van der Waals surface area contributed by atoms with E-state index in [1.807, 2.05) is 30.3 Å². The predicted octanol–water partition coefficient (Wildman–Crippen LogP) is 2.51. The second-order valence-corrected chi connectivity index (χ2v) is 7.69. The van der Waals surface area contributed by atoms with E-state index in [-0.39, 0.29) is 0 Å². The number of hydrogen-bond donors (Lipinski definition) is 1. The summed E-state index contributed by atoms with van der Waals surface area (Å²) in [6.07, 6.45) is 0.684. The highest BCUT2D eigenvalue weighted by atomic mass is 32.2. The van der Waals surface area contributed by atoms with E-state index in [2.05, 4.69) is 0 Å². The smallest absolute Gasteiger partial charge is 0.330 e. The Balaban J connectivity index is 1.97. The minimum atomic E-state index is -1.64. The Hall–Kier alpha value is -1.53. The van der Waals surface area contributed by atoms with Crippen LogP contribution in [0.3, 0.4) is 0 Å². The fourth-order valence-corrected chi connectivity index (χ4v) is 4.70. The van der Waals surface area contributed by atoms with Crippen LogP contribution >= 0.6 is 11.8 Å². The van der Waals surface area contributed by atoms with E-state index in [1.54, 1.807) is 0 Å². The van der Waals surface area contributed by atoms with Gasteiger partial charge < -0.3 is 14.6 Å². The SMILES string of the molecule is CC1(C)OC(=O)C2(C(=O)O1)[C@H](O)CCC[C@@H]2Sc1ccccc1. The van der Waals surface area contributed by atoms with E-state index in [0.29, 0.717) is 12.8 Å². The molecule has 2 fully saturated rings. The van der Waals surface area contributed by atoms with Crippen LogP contribution < -0.4 is 0 Å². The zero-order chi connectivity index (χ0) is 16.7. The van der Waals surface area contributed by atoms with Crippen LogP contribution in [-0.2, 0) is 19.1 Å². The quantitative estimate of drug-likeness (QED) is 0.661. The fourth-order valence-electron chi connectivity index (χ4n) is 3.24. The van der Waals surface area contributed by atoms with Crippen LogP contribution in [0.4, 0.5) is 0 Å². The monoisotopic (exact) mass is 336 g/mol. The molecular formula is C17H20O5S. The van der Waals surface area contributed by atoms with Gasteiger partial charge in [-0.2, -0.15) is 0 Å². The van der Waals surface area contributed by atoms with Gasteiger partial charge in [0.1, 0.15) is 0 Å². The number of ether oxygens (including phenoxy) is 2. The van der Waals surface area contributed by atoms with Crippen LogP contribution in [0.2, 0.25) is 0 Å². The lowest BCUT2D eigenvalue weighted by atomic mass is 9.70. The van der Waals surface area contributed by atoms with Crippen molar-refractivity contribution in [2.24, 2.45) is 5.41 Å². The highest BCUT2D eigenvalue weighted by molar-refractivity contribution is 8.00. The zero-order valence-electron chi connectivity index (χ0n) is 13.2. The molecule has 1 spiro atoms. The molecule has 1 aromatic carbocycles. The average Bonchev–Trinajstić information content (AvgIpc) is 2.46. The summed E-state index contributed by atoms with van der Waals surface area (Å²) in [5.74, 6) is -2.66. The molecule has 5 nitrogen and oxygen atoms in total. The molecular weight excluding hydrogens is 316 g/mol. The molecule has 1 aliphatic heterocycles. The van der Waals surface area contributed by atoms with E-state index >= 15 is 0 Å². The van der Waals surface area contributed by atoms with Crippen molar-refractivity contribution in [2.75, 3.05) is 0 Å². The molecule has 1 aliphatic carbocycles. The standard InChI is InChI=1S/C17H20O5S/c1-16(2)21-14(19)17(15(20)22-16)12(18)9-6-10-13(17)23-11-7-4-3-5-8-11/h3-5,7-8,12-13,18H,6,9-10H2,1-2H3/t12-,13+/m1/s1. The minimum Gasteiger partial charge on any atom is -0.422 e. The lowest BCUT2D eigenvalue weighted by Crippen LogP contribution is -2.64. The Morgan fingerprint density at radius 3 is 2.30 bits per heavy atom. The molecule has 1 N–H and O–H groups in total. The summed E-state index contributed by atoms with van der Waals surface area (Å²) < 4.78 is 10.6. The van der Waals surface area contributed by atoms with E-state index in [9.17, 15) is 14.7 Å². The van der Waals surface area contributed by atoms with Gasteiger partial charge in [-0.1, -0.05) is 18.2 Å². The molecule has 1 heterocycles. The fraction of sp³-hybridized carbons (Fsp3) is 0.529. The van der Waals surface area contributed by atoms with Crippen molar-refractivity contribution >= 4 is 23.7 Å².